The van der Waals surface area contributed by atoms with E-state index in [1.165, 1.54) is 18.6 Å². The predicted molar refractivity (Wildman–Crippen MR) is 143 cm³/mol. The van der Waals surface area contributed by atoms with E-state index >= 15 is 0 Å². The molecule has 3 aromatic rings. The standard InChI is InChI=1S/C29H33F3N4O2/c1-28(2,3)35-27(37)38-26(19-8-7-9-21(16-19)29(30,31)32)20-12-13-34-25(17-20)23-18-22(10-11-24(23)33)36-14-5-4-6-15-36/h7-13,16-18,26H,4-6,14-15,33H2,1-3H3,(H,35,37). The van der Waals surface area contributed by atoms with Crippen molar-refractivity contribution >= 4 is 17.5 Å². The van der Waals surface area contributed by atoms with E-state index in [4.69, 9.17) is 10.5 Å². The highest BCUT2D eigenvalue weighted by Gasteiger charge is 2.32. The second-order valence-corrected chi connectivity index (χ2v) is 10.6. The molecule has 1 fully saturated rings. The average Bonchev–Trinajstić information content (AvgIpc) is 2.87. The van der Waals surface area contributed by atoms with Gasteiger partial charge in [-0.25, -0.2) is 4.79 Å². The van der Waals surface area contributed by atoms with Gasteiger partial charge in [-0.15, -0.1) is 0 Å². The summed E-state index contributed by atoms with van der Waals surface area (Å²) in [6, 6.07) is 13.9. The van der Waals surface area contributed by atoms with Crippen LogP contribution in [0.1, 0.15) is 62.8 Å². The van der Waals surface area contributed by atoms with Crippen molar-refractivity contribution in [2.75, 3.05) is 23.7 Å². The molecule has 0 radical (unpaired) electrons. The van der Waals surface area contributed by atoms with Gasteiger partial charge in [0.25, 0.3) is 0 Å². The van der Waals surface area contributed by atoms with Gasteiger partial charge in [0.1, 0.15) is 0 Å². The molecular weight excluding hydrogens is 493 g/mol. The Morgan fingerprint density at radius 2 is 1.71 bits per heavy atom. The van der Waals surface area contributed by atoms with Crippen molar-refractivity contribution < 1.29 is 22.7 Å². The van der Waals surface area contributed by atoms with E-state index in [-0.39, 0.29) is 5.56 Å². The first-order chi connectivity index (χ1) is 17.9. The third-order valence-corrected chi connectivity index (χ3v) is 6.34. The number of hydrogen-bond donors (Lipinski definition) is 2. The number of amides is 1. The van der Waals surface area contributed by atoms with Crippen LogP contribution >= 0.6 is 0 Å². The second kappa shape index (κ2) is 10.9. The predicted octanol–water partition coefficient (Wildman–Crippen LogP) is 6.95. The SMILES string of the molecule is CC(C)(C)NC(=O)OC(c1cccc(C(F)(F)F)c1)c1ccnc(-c2cc(N3CCCCC3)ccc2N)c1. The summed E-state index contributed by atoms with van der Waals surface area (Å²) >= 11 is 0. The van der Waals surface area contributed by atoms with Crippen LogP contribution in [0.2, 0.25) is 0 Å². The minimum atomic E-state index is -4.54. The monoisotopic (exact) mass is 526 g/mol. The van der Waals surface area contributed by atoms with Crippen molar-refractivity contribution in [2.24, 2.45) is 0 Å². The third kappa shape index (κ3) is 6.76. The number of anilines is 2. The molecule has 0 bridgehead atoms. The smallest absolute Gasteiger partial charge is 0.416 e. The minimum absolute atomic E-state index is 0.191. The van der Waals surface area contributed by atoms with Crippen LogP contribution in [0.15, 0.2) is 60.8 Å². The molecule has 6 nitrogen and oxygen atoms in total. The Kier molecular flexibility index (Phi) is 7.85. The zero-order valence-electron chi connectivity index (χ0n) is 21.8. The topological polar surface area (TPSA) is 80.5 Å². The fraction of sp³-hybridized carbons (Fsp3) is 0.379. The van der Waals surface area contributed by atoms with Gasteiger partial charge in [-0.05, 0) is 88.1 Å². The number of pyridine rings is 1. The van der Waals surface area contributed by atoms with E-state index in [1.807, 2.05) is 18.2 Å². The maximum atomic E-state index is 13.5. The van der Waals surface area contributed by atoms with Gasteiger partial charge < -0.3 is 20.7 Å². The van der Waals surface area contributed by atoms with Crippen molar-refractivity contribution in [3.63, 3.8) is 0 Å². The minimum Gasteiger partial charge on any atom is -0.436 e. The lowest BCUT2D eigenvalue weighted by Gasteiger charge is -2.29. The number of aromatic nitrogens is 1. The lowest BCUT2D eigenvalue weighted by Crippen LogP contribution is -2.41. The van der Waals surface area contributed by atoms with Crippen LogP contribution in [0, 0.1) is 0 Å². The summed E-state index contributed by atoms with van der Waals surface area (Å²) in [5.74, 6) is 0. The number of rotatable bonds is 5. The van der Waals surface area contributed by atoms with Crippen molar-refractivity contribution in [1.29, 1.82) is 0 Å². The lowest BCUT2D eigenvalue weighted by atomic mass is 9.97. The molecule has 4 rings (SSSR count). The Bertz CT molecular complexity index is 1280. The molecular formula is C29H33F3N4O2. The van der Waals surface area contributed by atoms with Gasteiger partial charge in [0.05, 0.1) is 11.3 Å². The maximum Gasteiger partial charge on any atom is 0.416 e. The van der Waals surface area contributed by atoms with E-state index in [9.17, 15) is 18.0 Å². The lowest BCUT2D eigenvalue weighted by molar-refractivity contribution is -0.137. The number of nitrogens with zero attached hydrogens (tertiary/aromatic N) is 2. The van der Waals surface area contributed by atoms with Crippen molar-refractivity contribution in [2.45, 2.75) is 57.9 Å². The summed E-state index contributed by atoms with van der Waals surface area (Å²) in [7, 11) is 0. The Hall–Kier alpha value is -3.75. The Balaban J connectivity index is 1.74. The van der Waals surface area contributed by atoms with Crippen LogP contribution in [-0.4, -0.2) is 29.7 Å². The molecule has 1 unspecified atom stereocenters. The largest absolute Gasteiger partial charge is 0.436 e. The number of alkyl halides is 3. The molecule has 1 aliphatic rings. The van der Waals surface area contributed by atoms with Crippen molar-refractivity contribution in [1.82, 2.24) is 10.3 Å². The van der Waals surface area contributed by atoms with Gasteiger partial charge in [-0.3, -0.25) is 4.98 Å². The number of alkyl carbamates (subject to hydrolysis) is 1. The molecule has 0 saturated carbocycles. The Morgan fingerprint density at radius 1 is 1.00 bits per heavy atom. The van der Waals surface area contributed by atoms with Gasteiger partial charge in [0.15, 0.2) is 6.10 Å². The highest BCUT2D eigenvalue weighted by molar-refractivity contribution is 5.78. The summed E-state index contributed by atoms with van der Waals surface area (Å²) in [5, 5.41) is 2.71. The highest BCUT2D eigenvalue weighted by atomic mass is 19.4. The number of benzene rings is 2. The number of nitrogens with one attached hydrogen (secondary N) is 1. The van der Waals surface area contributed by atoms with Crippen LogP contribution in [0.5, 0.6) is 0 Å². The summed E-state index contributed by atoms with van der Waals surface area (Å²) in [5.41, 5.74) is 8.38. The molecule has 2 heterocycles. The molecule has 0 aliphatic carbocycles. The maximum absolute atomic E-state index is 13.5. The number of nitrogens with two attached hydrogens (primary N) is 1. The number of nitrogen functional groups attached to an aromatic ring is 1. The number of carbonyl (C=O) groups is 1. The molecule has 1 atom stereocenters. The molecule has 0 spiro atoms. The first-order valence-electron chi connectivity index (χ1n) is 12.7. The first-order valence-corrected chi connectivity index (χ1v) is 12.7. The quantitative estimate of drug-likeness (QED) is 0.352. The van der Waals surface area contributed by atoms with E-state index in [0.29, 0.717) is 22.5 Å². The summed E-state index contributed by atoms with van der Waals surface area (Å²) in [4.78, 5) is 19.5. The molecule has 1 aliphatic heterocycles. The Morgan fingerprint density at radius 3 is 2.39 bits per heavy atom. The van der Waals surface area contributed by atoms with Gasteiger partial charge in [-0.1, -0.05) is 12.1 Å². The molecule has 3 N–H and O–H groups in total. The van der Waals surface area contributed by atoms with E-state index in [2.05, 4.69) is 15.2 Å². The van der Waals surface area contributed by atoms with E-state index in [1.54, 1.807) is 39.1 Å². The van der Waals surface area contributed by atoms with Gasteiger partial charge >= 0.3 is 12.3 Å². The molecule has 1 aromatic heterocycles. The van der Waals surface area contributed by atoms with Gasteiger partial charge in [0, 0.05) is 47.3 Å². The number of hydrogen-bond acceptors (Lipinski definition) is 5. The zero-order valence-corrected chi connectivity index (χ0v) is 21.8. The van der Waals surface area contributed by atoms with E-state index in [0.717, 1.165) is 43.8 Å². The molecule has 1 amide bonds. The Labute approximate surface area is 221 Å². The third-order valence-electron chi connectivity index (χ3n) is 6.34. The van der Waals surface area contributed by atoms with Crippen molar-refractivity contribution in [3.05, 3.63) is 77.5 Å². The van der Waals surface area contributed by atoms with E-state index < -0.39 is 29.5 Å². The number of halogens is 3. The zero-order chi connectivity index (χ0) is 27.5. The van der Waals surface area contributed by atoms with Crippen molar-refractivity contribution in [3.8, 4) is 11.3 Å². The highest BCUT2D eigenvalue weighted by Crippen LogP contribution is 2.36. The number of carbonyl (C=O) groups excluding carboxylic acids is 1. The number of ether oxygens (including phenoxy) is 1. The van der Waals surface area contributed by atoms with Crippen LogP contribution in [0.3, 0.4) is 0 Å². The summed E-state index contributed by atoms with van der Waals surface area (Å²) < 4.78 is 46.2. The molecule has 2 aromatic carbocycles. The molecule has 9 heteroatoms. The molecule has 38 heavy (non-hydrogen) atoms. The van der Waals surface area contributed by atoms with Crippen LogP contribution in [0.25, 0.3) is 11.3 Å². The summed E-state index contributed by atoms with van der Waals surface area (Å²) in [6.45, 7) is 7.29. The normalized spacial score (nSPS) is 15.2. The fourth-order valence-corrected chi connectivity index (χ4v) is 4.52. The number of piperidine rings is 1. The van der Waals surface area contributed by atoms with Crippen LogP contribution < -0.4 is 16.0 Å². The van der Waals surface area contributed by atoms with Crippen LogP contribution in [0.4, 0.5) is 29.3 Å². The average molecular weight is 527 g/mol. The van der Waals surface area contributed by atoms with Crippen LogP contribution in [-0.2, 0) is 10.9 Å². The molecule has 1 saturated heterocycles. The van der Waals surface area contributed by atoms with Gasteiger partial charge in [0.2, 0.25) is 0 Å². The van der Waals surface area contributed by atoms with Gasteiger partial charge in [-0.2, -0.15) is 13.2 Å². The molecule has 202 valence electrons. The second-order valence-electron chi connectivity index (χ2n) is 10.6. The summed E-state index contributed by atoms with van der Waals surface area (Å²) in [6.07, 6.45) is -1.38. The fourth-order valence-electron chi connectivity index (χ4n) is 4.52. The first kappa shape index (κ1) is 27.3.